The fourth-order valence-corrected chi connectivity index (χ4v) is 4.15. The van der Waals surface area contributed by atoms with E-state index >= 15 is 4.39 Å². The van der Waals surface area contributed by atoms with E-state index in [2.05, 4.69) is 53.9 Å². The van der Waals surface area contributed by atoms with Gasteiger partial charge in [-0.25, -0.2) is 14.4 Å². The Morgan fingerprint density at radius 1 is 1.13 bits per heavy atom. The summed E-state index contributed by atoms with van der Waals surface area (Å²) in [4.78, 5) is 15.9. The monoisotopic (exact) mass is 444 g/mol. The molecule has 0 radical (unpaired) electrons. The van der Waals surface area contributed by atoms with Gasteiger partial charge in [-0.1, -0.05) is 44.1 Å². The first-order valence-electron chi connectivity index (χ1n) is 10.7. The van der Waals surface area contributed by atoms with Crippen LogP contribution in [0.5, 0.6) is 0 Å². The van der Waals surface area contributed by atoms with E-state index in [0.717, 1.165) is 31.6 Å². The second kappa shape index (κ2) is 9.44. The van der Waals surface area contributed by atoms with Crippen LogP contribution in [0.3, 0.4) is 0 Å². The highest BCUT2D eigenvalue weighted by Crippen LogP contribution is 2.37. The lowest BCUT2D eigenvalue weighted by Gasteiger charge is -2.36. The van der Waals surface area contributed by atoms with Crippen molar-refractivity contribution in [2.24, 2.45) is 5.16 Å². The number of aromatic nitrogens is 2. The molecule has 0 saturated carbocycles. The van der Waals surface area contributed by atoms with Gasteiger partial charge in [0.15, 0.2) is 8.32 Å². The Morgan fingerprint density at radius 2 is 1.77 bits per heavy atom. The number of nitrogens with zero attached hydrogens (tertiary/aromatic N) is 4. The minimum absolute atomic E-state index is 0.0788. The molecule has 1 saturated heterocycles. The van der Waals surface area contributed by atoms with Gasteiger partial charge >= 0.3 is 0 Å². The van der Waals surface area contributed by atoms with Crippen molar-refractivity contribution in [1.29, 1.82) is 0 Å². The summed E-state index contributed by atoms with van der Waals surface area (Å²) in [5, 5.41) is 4.11. The van der Waals surface area contributed by atoms with Crippen molar-refractivity contribution >= 4 is 20.0 Å². The van der Waals surface area contributed by atoms with Gasteiger partial charge in [0.05, 0.1) is 12.3 Å². The van der Waals surface area contributed by atoms with E-state index < -0.39 is 8.32 Å². The number of rotatable bonds is 6. The minimum atomic E-state index is -1.96. The summed E-state index contributed by atoms with van der Waals surface area (Å²) in [6.45, 7) is 12.7. The van der Waals surface area contributed by atoms with Crippen LogP contribution in [0.2, 0.25) is 18.1 Å². The van der Waals surface area contributed by atoms with Crippen LogP contribution in [0.1, 0.15) is 39.2 Å². The van der Waals surface area contributed by atoms with E-state index in [1.165, 1.54) is 0 Å². The molecule has 8 heteroatoms. The summed E-state index contributed by atoms with van der Waals surface area (Å²) in [7, 11) is -0.393. The normalized spacial score (nSPS) is 15.2. The molecule has 1 fully saturated rings. The molecule has 1 aliphatic rings. The molecule has 2 aromatic rings. The zero-order valence-electron chi connectivity index (χ0n) is 19.4. The number of piperidine rings is 1. The Morgan fingerprint density at radius 3 is 2.35 bits per heavy atom. The SMILES string of the molecule is CON=C1CCN(c2ncc(-c3cccc(CO[Si](C)(C)C(C)(C)C)c3F)cn2)CC1. The van der Waals surface area contributed by atoms with Crippen molar-refractivity contribution in [2.75, 3.05) is 25.1 Å². The van der Waals surface area contributed by atoms with Crippen LogP contribution >= 0.6 is 0 Å². The predicted molar refractivity (Wildman–Crippen MR) is 125 cm³/mol. The lowest BCUT2D eigenvalue weighted by molar-refractivity contribution is 0.211. The van der Waals surface area contributed by atoms with Crippen molar-refractivity contribution in [3.8, 4) is 11.1 Å². The molecule has 168 valence electrons. The molecule has 31 heavy (non-hydrogen) atoms. The van der Waals surface area contributed by atoms with Crippen LogP contribution in [-0.4, -0.2) is 44.2 Å². The van der Waals surface area contributed by atoms with Crippen molar-refractivity contribution in [1.82, 2.24) is 9.97 Å². The molecule has 0 atom stereocenters. The Hall–Kier alpha value is -2.32. The zero-order chi connectivity index (χ0) is 22.6. The summed E-state index contributed by atoms with van der Waals surface area (Å²) in [5.41, 5.74) is 2.77. The quantitative estimate of drug-likeness (QED) is 0.441. The molecule has 0 N–H and O–H groups in total. The number of hydrogen-bond donors (Lipinski definition) is 0. The standard InChI is InChI=1S/C23H33FN4O2Si/c1-23(2,3)31(5,6)30-16-17-8-7-9-20(21(17)24)18-14-25-22(26-15-18)28-12-10-19(11-13-28)27-29-4/h7-9,14-15H,10-13,16H2,1-6H3. The lowest BCUT2D eigenvalue weighted by Crippen LogP contribution is -2.40. The van der Waals surface area contributed by atoms with Gasteiger partial charge in [-0.05, 0) is 18.1 Å². The number of halogens is 1. The van der Waals surface area contributed by atoms with Crippen LogP contribution in [0, 0.1) is 5.82 Å². The average Bonchev–Trinajstić information content (AvgIpc) is 2.73. The summed E-state index contributed by atoms with van der Waals surface area (Å²) in [6.07, 6.45) is 5.03. The number of oxime groups is 1. The highest BCUT2D eigenvalue weighted by molar-refractivity contribution is 6.74. The second-order valence-corrected chi connectivity index (χ2v) is 14.2. The van der Waals surface area contributed by atoms with Gasteiger partial charge in [0, 0.05) is 55.0 Å². The van der Waals surface area contributed by atoms with Crippen LogP contribution in [-0.2, 0) is 15.9 Å². The van der Waals surface area contributed by atoms with E-state index in [-0.39, 0.29) is 17.5 Å². The molecule has 2 heterocycles. The molecule has 6 nitrogen and oxygen atoms in total. The van der Waals surface area contributed by atoms with Crippen molar-refractivity contribution in [3.05, 3.63) is 42.0 Å². The van der Waals surface area contributed by atoms with Gasteiger partial charge in [0.1, 0.15) is 12.9 Å². The zero-order valence-corrected chi connectivity index (χ0v) is 20.4. The highest BCUT2D eigenvalue weighted by atomic mass is 28.4. The first-order chi connectivity index (χ1) is 14.6. The molecule has 0 spiro atoms. The van der Waals surface area contributed by atoms with E-state index in [0.29, 0.717) is 22.6 Å². The van der Waals surface area contributed by atoms with Crippen LogP contribution < -0.4 is 4.90 Å². The molecule has 0 amide bonds. The van der Waals surface area contributed by atoms with Gasteiger partial charge in [0.2, 0.25) is 5.95 Å². The Bertz CT molecular complexity index is 916. The van der Waals surface area contributed by atoms with Gasteiger partial charge in [-0.2, -0.15) is 0 Å². The van der Waals surface area contributed by atoms with Crippen LogP contribution in [0.4, 0.5) is 10.3 Å². The van der Waals surface area contributed by atoms with Gasteiger partial charge in [0.25, 0.3) is 0 Å². The first kappa shape index (κ1) is 23.3. The Balaban J connectivity index is 1.72. The maximum absolute atomic E-state index is 15.2. The molecule has 1 aromatic heterocycles. The van der Waals surface area contributed by atoms with Crippen molar-refractivity contribution in [2.45, 2.75) is 58.4 Å². The lowest BCUT2D eigenvalue weighted by atomic mass is 10.1. The molecule has 1 aliphatic heterocycles. The molecule has 0 unspecified atom stereocenters. The number of hydrogen-bond acceptors (Lipinski definition) is 6. The topological polar surface area (TPSA) is 59.8 Å². The third-order valence-electron chi connectivity index (χ3n) is 6.27. The smallest absolute Gasteiger partial charge is 0.225 e. The molecule has 0 aliphatic carbocycles. The third kappa shape index (κ3) is 5.49. The minimum Gasteiger partial charge on any atom is -0.412 e. The highest BCUT2D eigenvalue weighted by Gasteiger charge is 2.37. The van der Waals surface area contributed by atoms with E-state index in [1.807, 2.05) is 6.07 Å². The Kier molecular flexibility index (Phi) is 7.11. The number of benzene rings is 1. The maximum atomic E-state index is 15.2. The molecular formula is C23H33FN4O2Si. The molecule has 1 aromatic carbocycles. The largest absolute Gasteiger partial charge is 0.412 e. The van der Waals surface area contributed by atoms with Crippen molar-refractivity contribution < 1.29 is 13.7 Å². The van der Waals surface area contributed by atoms with E-state index in [9.17, 15) is 0 Å². The molecular weight excluding hydrogens is 411 g/mol. The maximum Gasteiger partial charge on any atom is 0.225 e. The summed E-state index contributed by atoms with van der Waals surface area (Å²) in [5.74, 6) is 0.383. The fraction of sp³-hybridized carbons (Fsp3) is 0.522. The molecule has 3 rings (SSSR count). The van der Waals surface area contributed by atoms with Gasteiger partial charge in [-0.3, -0.25) is 0 Å². The summed E-state index contributed by atoms with van der Waals surface area (Å²) < 4.78 is 21.5. The van der Waals surface area contributed by atoms with Crippen molar-refractivity contribution in [3.63, 3.8) is 0 Å². The predicted octanol–water partition coefficient (Wildman–Crippen LogP) is 5.41. The first-order valence-corrected chi connectivity index (χ1v) is 13.6. The fourth-order valence-electron chi connectivity index (χ4n) is 3.20. The summed E-state index contributed by atoms with van der Waals surface area (Å²) >= 11 is 0. The van der Waals surface area contributed by atoms with Gasteiger partial charge < -0.3 is 14.2 Å². The van der Waals surface area contributed by atoms with E-state index in [4.69, 9.17) is 9.26 Å². The van der Waals surface area contributed by atoms with Crippen LogP contribution in [0.15, 0.2) is 35.7 Å². The second-order valence-electron chi connectivity index (χ2n) is 9.43. The van der Waals surface area contributed by atoms with Gasteiger partial charge in [-0.15, -0.1) is 0 Å². The van der Waals surface area contributed by atoms with E-state index in [1.54, 1.807) is 31.6 Å². The number of anilines is 1. The average molecular weight is 445 g/mol. The molecule has 0 bridgehead atoms. The third-order valence-corrected chi connectivity index (χ3v) is 10.7. The van der Waals surface area contributed by atoms with Crippen LogP contribution in [0.25, 0.3) is 11.1 Å². The summed E-state index contributed by atoms with van der Waals surface area (Å²) in [6, 6.07) is 5.41. The Labute approximate surface area is 185 Å².